The second-order valence-corrected chi connectivity index (χ2v) is 9.40. The van der Waals surface area contributed by atoms with E-state index in [0.29, 0.717) is 23.3 Å². The third-order valence-electron chi connectivity index (χ3n) is 5.43. The van der Waals surface area contributed by atoms with Crippen LogP contribution in [0.1, 0.15) is 22.1 Å². The SMILES string of the molecule is CCOc1ccccc1N(CC(=O)n1cc(C(=O)OC)c2ccccc21)S(=O)(=O)c1ccccc1. The Morgan fingerprint density at radius 2 is 1.57 bits per heavy atom. The number of methoxy groups -OCH3 is 1. The minimum atomic E-state index is -4.14. The van der Waals surface area contributed by atoms with Gasteiger partial charge in [0.2, 0.25) is 0 Å². The van der Waals surface area contributed by atoms with Crippen molar-refractivity contribution in [2.75, 3.05) is 24.6 Å². The Morgan fingerprint density at radius 1 is 0.914 bits per heavy atom. The van der Waals surface area contributed by atoms with Crippen LogP contribution in [0.3, 0.4) is 0 Å². The molecule has 4 aromatic rings. The molecule has 0 saturated heterocycles. The predicted molar refractivity (Wildman–Crippen MR) is 132 cm³/mol. The minimum absolute atomic E-state index is 0.0340. The molecule has 3 aromatic carbocycles. The Morgan fingerprint density at radius 3 is 2.29 bits per heavy atom. The fraction of sp³-hybridized carbons (Fsp3) is 0.154. The molecule has 9 heteroatoms. The van der Waals surface area contributed by atoms with Gasteiger partial charge in [0.25, 0.3) is 15.9 Å². The van der Waals surface area contributed by atoms with Gasteiger partial charge in [0.1, 0.15) is 12.3 Å². The monoisotopic (exact) mass is 492 g/mol. The van der Waals surface area contributed by atoms with E-state index in [2.05, 4.69) is 0 Å². The van der Waals surface area contributed by atoms with Gasteiger partial charge in [0.15, 0.2) is 0 Å². The van der Waals surface area contributed by atoms with Crippen LogP contribution in [0.25, 0.3) is 10.9 Å². The van der Waals surface area contributed by atoms with E-state index in [4.69, 9.17) is 9.47 Å². The van der Waals surface area contributed by atoms with Crippen LogP contribution in [0.5, 0.6) is 5.75 Å². The van der Waals surface area contributed by atoms with E-state index >= 15 is 0 Å². The first kappa shape index (κ1) is 24.0. The molecule has 0 fully saturated rings. The molecule has 0 aliphatic rings. The number of sulfonamides is 1. The summed E-state index contributed by atoms with van der Waals surface area (Å²) in [4.78, 5) is 25.9. The zero-order valence-corrected chi connectivity index (χ0v) is 20.1. The molecule has 0 saturated carbocycles. The number of para-hydroxylation sites is 3. The Labute approximate surface area is 203 Å². The standard InChI is InChI=1S/C26H24N2O6S/c1-3-34-24-16-10-9-15-23(24)28(35(31,32)19-11-5-4-6-12-19)18-25(29)27-17-21(26(30)33-2)20-13-7-8-14-22(20)27/h4-17H,3,18H2,1-2H3. The minimum Gasteiger partial charge on any atom is -0.492 e. The van der Waals surface area contributed by atoms with Crippen LogP contribution in [-0.2, 0) is 14.8 Å². The van der Waals surface area contributed by atoms with Gasteiger partial charge in [-0.1, -0.05) is 48.5 Å². The normalized spacial score (nSPS) is 11.3. The average molecular weight is 493 g/mol. The smallest absolute Gasteiger partial charge is 0.340 e. The Hall–Kier alpha value is -4.11. The predicted octanol–water partition coefficient (Wildman–Crippen LogP) is 4.36. The van der Waals surface area contributed by atoms with Crippen LogP contribution < -0.4 is 9.04 Å². The highest BCUT2D eigenvalue weighted by Gasteiger charge is 2.30. The number of benzene rings is 3. The molecule has 1 heterocycles. The fourth-order valence-corrected chi connectivity index (χ4v) is 5.26. The molecular formula is C26H24N2O6S. The second-order valence-electron chi connectivity index (χ2n) is 7.54. The van der Waals surface area contributed by atoms with Crippen LogP contribution in [0.15, 0.2) is 90.0 Å². The van der Waals surface area contributed by atoms with Crippen molar-refractivity contribution < 1.29 is 27.5 Å². The lowest BCUT2D eigenvalue weighted by atomic mass is 10.2. The highest BCUT2D eigenvalue weighted by atomic mass is 32.2. The maximum Gasteiger partial charge on any atom is 0.340 e. The Balaban J connectivity index is 1.84. The van der Waals surface area contributed by atoms with Crippen LogP contribution in [0.2, 0.25) is 0 Å². The Bertz CT molecular complexity index is 1480. The third-order valence-corrected chi connectivity index (χ3v) is 7.20. The van der Waals surface area contributed by atoms with Gasteiger partial charge < -0.3 is 9.47 Å². The molecule has 0 radical (unpaired) electrons. The van der Waals surface area contributed by atoms with Gasteiger partial charge in [-0.3, -0.25) is 13.7 Å². The van der Waals surface area contributed by atoms with Gasteiger partial charge in [0.05, 0.1) is 35.4 Å². The molecule has 0 N–H and O–H groups in total. The number of rotatable bonds is 8. The van der Waals surface area contributed by atoms with E-state index in [-0.39, 0.29) is 16.1 Å². The molecule has 180 valence electrons. The highest BCUT2D eigenvalue weighted by Crippen LogP contribution is 2.33. The molecular weight excluding hydrogens is 468 g/mol. The number of aromatic nitrogens is 1. The summed E-state index contributed by atoms with van der Waals surface area (Å²) in [6.07, 6.45) is 1.38. The van der Waals surface area contributed by atoms with Crippen molar-refractivity contribution in [1.29, 1.82) is 0 Å². The summed E-state index contributed by atoms with van der Waals surface area (Å²) in [6.45, 7) is 1.58. The van der Waals surface area contributed by atoms with Crippen molar-refractivity contribution in [3.63, 3.8) is 0 Å². The number of hydrogen-bond donors (Lipinski definition) is 0. The highest BCUT2D eigenvalue weighted by molar-refractivity contribution is 7.92. The van der Waals surface area contributed by atoms with E-state index in [1.54, 1.807) is 73.7 Å². The summed E-state index contributed by atoms with van der Waals surface area (Å²) >= 11 is 0. The number of fused-ring (bicyclic) bond motifs is 1. The quantitative estimate of drug-likeness (QED) is 0.339. The summed E-state index contributed by atoms with van der Waals surface area (Å²) in [5.74, 6) is -0.819. The van der Waals surface area contributed by atoms with Crippen LogP contribution >= 0.6 is 0 Å². The van der Waals surface area contributed by atoms with Crippen LogP contribution in [-0.4, -0.2) is 45.1 Å². The van der Waals surface area contributed by atoms with Gasteiger partial charge in [0, 0.05) is 11.6 Å². The molecule has 0 aliphatic carbocycles. The van der Waals surface area contributed by atoms with Gasteiger partial charge in [-0.15, -0.1) is 0 Å². The van der Waals surface area contributed by atoms with Gasteiger partial charge in [-0.05, 0) is 37.3 Å². The number of carbonyl (C=O) groups is 2. The Kier molecular flexibility index (Phi) is 6.88. The van der Waals surface area contributed by atoms with Gasteiger partial charge in [-0.2, -0.15) is 0 Å². The van der Waals surface area contributed by atoms with E-state index in [9.17, 15) is 18.0 Å². The summed E-state index contributed by atoms with van der Waals surface area (Å²) in [6, 6.07) is 21.4. The molecule has 1 aromatic heterocycles. The number of ether oxygens (including phenoxy) is 2. The second kappa shape index (κ2) is 10.0. The van der Waals surface area contributed by atoms with Crippen molar-refractivity contribution in [2.45, 2.75) is 11.8 Å². The van der Waals surface area contributed by atoms with Gasteiger partial charge in [-0.25, -0.2) is 13.2 Å². The number of esters is 1. The molecule has 0 atom stereocenters. The van der Waals surface area contributed by atoms with E-state index in [0.717, 1.165) is 4.31 Å². The lowest BCUT2D eigenvalue weighted by Gasteiger charge is -2.26. The summed E-state index contributed by atoms with van der Waals surface area (Å²) in [5.41, 5.74) is 0.910. The summed E-state index contributed by atoms with van der Waals surface area (Å²) < 4.78 is 40.3. The molecule has 0 aliphatic heterocycles. The first-order valence-electron chi connectivity index (χ1n) is 10.9. The number of anilines is 1. The van der Waals surface area contributed by atoms with Crippen molar-refractivity contribution in [3.05, 3.63) is 90.6 Å². The van der Waals surface area contributed by atoms with E-state index in [1.807, 2.05) is 0 Å². The van der Waals surface area contributed by atoms with Crippen molar-refractivity contribution in [3.8, 4) is 5.75 Å². The van der Waals surface area contributed by atoms with Crippen molar-refractivity contribution in [2.24, 2.45) is 0 Å². The zero-order chi connectivity index (χ0) is 25.0. The third kappa shape index (κ3) is 4.63. The van der Waals surface area contributed by atoms with E-state index in [1.165, 1.54) is 30.0 Å². The number of carbonyl (C=O) groups excluding carboxylic acids is 2. The molecule has 35 heavy (non-hydrogen) atoms. The first-order valence-corrected chi connectivity index (χ1v) is 12.3. The maximum absolute atomic E-state index is 13.7. The molecule has 0 bridgehead atoms. The van der Waals surface area contributed by atoms with Crippen molar-refractivity contribution >= 4 is 38.5 Å². The first-order chi connectivity index (χ1) is 16.9. The molecule has 0 unspecified atom stereocenters. The molecule has 0 amide bonds. The summed E-state index contributed by atoms with van der Waals surface area (Å²) in [7, 11) is -2.88. The molecule has 0 spiro atoms. The molecule has 4 rings (SSSR count). The van der Waals surface area contributed by atoms with Crippen LogP contribution in [0, 0.1) is 0 Å². The van der Waals surface area contributed by atoms with Gasteiger partial charge >= 0.3 is 5.97 Å². The lowest BCUT2D eigenvalue weighted by molar-refractivity contribution is 0.0603. The number of hydrogen-bond acceptors (Lipinski definition) is 6. The van der Waals surface area contributed by atoms with Crippen molar-refractivity contribution in [1.82, 2.24) is 4.57 Å². The average Bonchev–Trinajstić information content (AvgIpc) is 3.28. The largest absolute Gasteiger partial charge is 0.492 e. The number of nitrogens with zero attached hydrogens (tertiary/aromatic N) is 2. The van der Waals surface area contributed by atoms with Crippen LogP contribution in [0.4, 0.5) is 5.69 Å². The van der Waals surface area contributed by atoms with E-state index < -0.39 is 28.4 Å². The molecule has 8 nitrogen and oxygen atoms in total. The lowest BCUT2D eigenvalue weighted by Crippen LogP contribution is -2.37. The zero-order valence-electron chi connectivity index (χ0n) is 19.2. The fourth-order valence-electron chi connectivity index (χ4n) is 3.82. The topological polar surface area (TPSA) is 94.9 Å². The maximum atomic E-state index is 13.7. The summed E-state index contributed by atoms with van der Waals surface area (Å²) in [5, 5.41) is 0.528.